The van der Waals surface area contributed by atoms with Crippen molar-refractivity contribution >= 4 is 5.97 Å². The van der Waals surface area contributed by atoms with Crippen LogP contribution in [0.25, 0.3) is 0 Å². The molecule has 3 atom stereocenters. The van der Waals surface area contributed by atoms with Gasteiger partial charge in [0, 0.05) is 18.4 Å². The average Bonchev–Trinajstić information content (AvgIpc) is 2.65. The van der Waals surface area contributed by atoms with Gasteiger partial charge >= 0.3 is 12.1 Å². The number of hydrogen-bond donors (Lipinski definition) is 1. The maximum absolute atomic E-state index is 14.1. The Morgan fingerprint density at radius 3 is 2.03 bits per heavy atom. The van der Waals surface area contributed by atoms with Gasteiger partial charge < -0.3 is 5.11 Å². The molecule has 7 heteroatoms. The number of benzene rings is 1. The van der Waals surface area contributed by atoms with Crippen LogP contribution in [0.5, 0.6) is 0 Å². The minimum absolute atomic E-state index is 0.0872. The van der Waals surface area contributed by atoms with Crippen LogP contribution in [0.1, 0.15) is 97.1 Å². The Balaban J connectivity index is 2.52. The van der Waals surface area contributed by atoms with E-state index in [4.69, 9.17) is 0 Å². The average molecular weight is 488 g/mol. The molecule has 0 spiro atoms. The monoisotopic (exact) mass is 487 g/mol. The van der Waals surface area contributed by atoms with E-state index < -0.39 is 29.4 Å². The van der Waals surface area contributed by atoms with Gasteiger partial charge in [0.2, 0.25) is 0 Å². The lowest BCUT2D eigenvalue weighted by Gasteiger charge is -2.45. The number of carboxylic acids is 1. The van der Waals surface area contributed by atoms with Gasteiger partial charge in [-0.25, -0.2) is 4.39 Å². The van der Waals surface area contributed by atoms with Crippen molar-refractivity contribution in [1.29, 1.82) is 0 Å². The molecule has 0 amide bonds. The fourth-order valence-electron chi connectivity index (χ4n) is 4.99. The van der Waals surface area contributed by atoms with Crippen molar-refractivity contribution in [2.75, 3.05) is 13.1 Å². The van der Waals surface area contributed by atoms with E-state index in [1.54, 1.807) is 0 Å². The Bertz CT molecular complexity index is 805. The van der Waals surface area contributed by atoms with E-state index >= 15 is 0 Å². The second-order valence-corrected chi connectivity index (χ2v) is 12.3. The maximum atomic E-state index is 14.1. The minimum atomic E-state index is -4.80. The first-order valence-corrected chi connectivity index (χ1v) is 12.3. The van der Waals surface area contributed by atoms with Crippen molar-refractivity contribution in [3.05, 3.63) is 35.1 Å². The zero-order valence-electron chi connectivity index (χ0n) is 21.4. The molecule has 0 heterocycles. The van der Waals surface area contributed by atoms with Crippen molar-refractivity contribution in [2.24, 2.45) is 16.7 Å². The number of hydrogen-bond acceptors (Lipinski definition) is 2. The van der Waals surface area contributed by atoms with E-state index in [2.05, 4.69) is 46.4 Å². The van der Waals surface area contributed by atoms with Crippen LogP contribution in [-0.2, 0) is 11.0 Å². The highest BCUT2D eigenvalue weighted by Crippen LogP contribution is 2.44. The number of aliphatic carboxylic acids is 1. The van der Waals surface area contributed by atoms with E-state index in [-0.39, 0.29) is 29.2 Å². The molecule has 194 valence electrons. The number of carboxylic acid groups (broad SMARTS) is 1. The Labute approximate surface area is 201 Å². The summed E-state index contributed by atoms with van der Waals surface area (Å²) in [5, 5.41) is 9.55. The van der Waals surface area contributed by atoms with Gasteiger partial charge in [0.15, 0.2) is 0 Å². The molecule has 3 nitrogen and oxygen atoms in total. The highest BCUT2D eigenvalue weighted by molar-refractivity contribution is 5.67. The summed E-state index contributed by atoms with van der Waals surface area (Å²) in [5.41, 5.74) is -0.714. The van der Waals surface area contributed by atoms with Gasteiger partial charge in [-0.2, -0.15) is 13.2 Å². The maximum Gasteiger partial charge on any atom is 0.419 e. The van der Waals surface area contributed by atoms with Gasteiger partial charge in [0.1, 0.15) is 5.82 Å². The number of carbonyl (C=O) groups is 1. The number of nitrogens with zero attached hydrogens (tertiary/aromatic N) is 1. The molecular weight excluding hydrogens is 446 g/mol. The van der Waals surface area contributed by atoms with Gasteiger partial charge in [0.25, 0.3) is 0 Å². The number of alkyl halides is 3. The van der Waals surface area contributed by atoms with Gasteiger partial charge in [-0.15, -0.1) is 0 Å². The van der Waals surface area contributed by atoms with Crippen molar-refractivity contribution < 1.29 is 27.5 Å². The van der Waals surface area contributed by atoms with Crippen LogP contribution in [0.15, 0.2) is 18.2 Å². The second kappa shape index (κ2) is 11.0. The molecule has 2 rings (SSSR count). The highest BCUT2D eigenvalue weighted by atomic mass is 19.4. The first-order valence-electron chi connectivity index (χ1n) is 12.3. The summed E-state index contributed by atoms with van der Waals surface area (Å²) < 4.78 is 54.6. The molecule has 1 aromatic rings. The molecule has 0 aromatic heterocycles. The largest absolute Gasteiger partial charge is 0.481 e. The van der Waals surface area contributed by atoms with Crippen molar-refractivity contribution in [1.82, 2.24) is 4.90 Å². The molecule has 1 fully saturated rings. The van der Waals surface area contributed by atoms with Crippen LogP contribution in [0, 0.1) is 22.6 Å². The lowest BCUT2D eigenvalue weighted by molar-refractivity contribution is -0.141. The zero-order chi connectivity index (χ0) is 25.9. The van der Waals surface area contributed by atoms with Crippen LogP contribution in [-0.4, -0.2) is 35.1 Å². The van der Waals surface area contributed by atoms with E-state index in [1.165, 1.54) is 6.07 Å². The molecule has 1 aliphatic carbocycles. The predicted octanol–water partition coefficient (Wildman–Crippen LogP) is 7.75. The topological polar surface area (TPSA) is 40.5 Å². The van der Waals surface area contributed by atoms with Crippen molar-refractivity contribution in [2.45, 2.75) is 98.2 Å². The predicted molar refractivity (Wildman–Crippen MR) is 127 cm³/mol. The normalized spacial score (nSPS) is 22.3. The molecule has 1 aromatic carbocycles. The van der Waals surface area contributed by atoms with Crippen LogP contribution < -0.4 is 0 Å². The summed E-state index contributed by atoms with van der Waals surface area (Å²) in [7, 11) is 0. The van der Waals surface area contributed by atoms with Crippen LogP contribution >= 0.6 is 0 Å². The Hall–Kier alpha value is -1.63. The summed E-state index contributed by atoms with van der Waals surface area (Å²) in [6, 6.07) is 3.14. The van der Waals surface area contributed by atoms with E-state index in [0.717, 1.165) is 50.9 Å². The lowest BCUT2D eigenvalue weighted by atomic mass is 9.70. The molecule has 1 saturated carbocycles. The molecule has 0 saturated heterocycles. The first-order chi connectivity index (χ1) is 15.5. The summed E-state index contributed by atoms with van der Waals surface area (Å²) in [4.78, 5) is 14.0. The first kappa shape index (κ1) is 28.6. The van der Waals surface area contributed by atoms with Crippen LogP contribution in [0.4, 0.5) is 17.6 Å². The third-order valence-electron chi connectivity index (χ3n) is 6.88. The smallest absolute Gasteiger partial charge is 0.419 e. The summed E-state index contributed by atoms with van der Waals surface area (Å²) in [5.74, 6) is -2.94. The number of rotatable bonds is 8. The molecule has 0 aliphatic heterocycles. The lowest BCUT2D eigenvalue weighted by Crippen LogP contribution is -2.47. The third kappa shape index (κ3) is 8.54. The second-order valence-electron chi connectivity index (χ2n) is 12.3. The fraction of sp³-hybridized carbons (Fsp3) is 0.741. The van der Waals surface area contributed by atoms with Crippen LogP contribution in [0.3, 0.4) is 0 Å². The standard InChI is InChI=1S/C27H41F4NO2/c1-25(2,3)12-14-32(15-13-26(4,5)6)22-9-7-8-18(17-23(33)34)24(22)19-10-11-21(28)20(16-19)27(29,30)31/h10-11,16,18,22,24H,7-9,12-15,17H2,1-6H3,(H,33,34). The quantitative estimate of drug-likeness (QED) is 0.381. The third-order valence-corrected chi connectivity index (χ3v) is 6.88. The SMILES string of the molecule is CC(C)(C)CCN(CCC(C)(C)C)C1CCCC(CC(=O)O)C1c1ccc(F)c(C(F)(F)F)c1. The molecule has 1 N–H and O–H groups in total. The Morgan fingerprint density at radius 2 is 1.56 bits per heavy atom. The summed E-state index contributed by atoms with van der Waals surface area (Å²) in [6.45, 7) is 14.5. The van der Waals surface area contributed by atoms with E-state index in [0.29, 0.717) is 12.0 Å². The van der Waals surface area contributed by atoms with E-state index in [9.17, 15) is 27.5 Å². The summed E-state index contributed by atoms with van der Waals surface area (Å²) in [6.07, 6.45) is -0.820. The highest BCUT2D eigenvalue weighted by Gasteiger charge is 2.41. The van der Waals surface area contributed by atoms with E-state index in [1.807, 2.05) is 0 Å². The molecule has 0 bridgehead atoms. The minimum Gasteiger partial charge on any atom is -0.481 e. The summed E-state index contributed by atoms with van der Waals surface area (Å²) >= 11 is 0. The Kier molecular flexibility index (Phi) is 9.22. The van der Waals surface area contributed by atoms with Crippen LogP contribution in [0.2, 0.25) is 0 Å². The molecular formula is C27H41F4NO2. The molecule has 3 unspecified atom stereocenters. The Morgan fingerprint density at radius 1 is 1.00 bits per heavy atom. The molecule has 34 heavy (non-hydrogen) atoms. The zero-order valence-corrected chi connectivity index (χ0v) is 21.4. The van der Waals surface area contributed by atoms with Crippen molar-refractivity contribution in [3.8, 4) is 0 Å². The van der Waals surface area contributed by atoms with Crippen molar-refractivity contribution in [3.63, 3.8) is 0 Å². The van der Waals surface area contributed by atoms with Gasteiger partial charge in [-0.05, 0) is 73.2 Å². The molecule has 1 aliphatic rings. The molecule has 0 radical (unpaired) electrons. The fourth-order valence-corrected chi connectivity index (χ4v) is 4.99. The number of halogens is 4. The van der Waals surface area contributed by atoms with Gasteiger partial charge in [-0.3, -0.25) is 9.69 Å². The van der Waals surface area contributed by atoms with Gasteiger partial charge in [0.05, 0.1) is 5.56 Å². The van der Waals surface area contributed by atoms with Gasteiger partial charge in [-0.1, -0.05) is 54.0 Å².